The number of benzene rings is 1. The lowest BCUT2D eigenvalue weighted by atomic mass is 9.81. The van der Waals surface area contributed by atoms with Gasteiger partial charge in [0.15, 0.2) is 0 Å². The van der Waals surface area contributed by atoms with Crippen molar-refractivity contribution in [3.05, 3.63) is 48.0 Å². The van der Waals surface area contributed by atoms with E-state index in [0.717, 1.165) is 38.8 Å². The molecule has 1 saturated carbocycles. The molecule has 4 rings (SSSR count). The van der Waals surface area contributed by atoms with Gasteiger partial charge in [0.25, 0.3) is 0 Å². The summed E-state index contributed by atoms with van der Waals surface area (Å²) in [7, 11) is 0. The zero-order valence-corrected chi connectivity index (χ0v) is 14.3. The third-order valence-electron chi connectivity index (χ3n) is 6.31. The van der Waals surface area contributed by atoms with Crippen molar-refractivity contribution in [1.29, 1.82) is 0 Å². The highest BCUT2D eigenvalue weighted by atomic mass is 16.4. The van der Waals surface area contributed by atoms with Crippen molar-refractivity contribution >= 4 is 11.9 Å². The lowest BCUT2D eigenvalue weighted by Gasteiger charge is -2.37. The highest BCUT2D eigenvalue weighted by Crippen LogP contribution is 2.48. The molecule has 0 aromatic heterocycles. The van der Waals surface area contributed by atoms with Crippen molar-refractivity contribution in [2.24, 2.45) is 29.6 Å². The maximum absolute atomic E-state index is 13.0. The molecule has 2 bridgehead atoms. The van der Waals surface area contributed by atoms with E-state index in [1.807, 2.05) is 23.1 Å². The summed E-state index contributed by atoms with van der Waals surface area (Å²) in [5.74, 6) is -1.40. The Hall–Kier alpha value is -2.10. The predicted molar refractivity (Wildman–Crippen MR) is 92.2 cm³/mol. The summed E-state index contributed by atoms with van der Waals surface area (Å²) < 4.78 is 0. The Morgan fingerprint density at radius 3 is 2.28 bits per heavy atom. The van der Waals surface area contributed by atoms with Crippen molar-refractivity contribution in [3.63, 3.8) is 0 Å². The smallest absolute Gasteiger partial charge is 0.226 e. The molecule has 25 heavy (non-hydrogen) atoms. The summed E-state index contributed by atoms with van der Waals surface area (Å²) in [6.45, 7) is 1.49. The molecule has 1 amide bonds. The second kappa shape index (κ2) is 6.66. The van der Waals surface area contributed by atoms with Gasteiger partial charge in [-0.3, -0.25) is 4.79 Å². The zero-order chi connectivity index (χ0) is 17.4. The minimum Gasteiger partial charge on any atom is -0.550 e. The molecule has 4 nitrogen and oxygen atoms in total. The molecule has 0 N–H and O–H groups in total. The third kappa shape index (κ3) is 3.10. The van der Waals surface area contributed by atoms with E-state index in [-0.39, 0.29) is 17.7 Å². The van der Waals surface area contributed by atoms with Gasteiger partial charge in [-0.15, -0.1) is 0 Å². The molecule has 4 atom stereocenters. The van der Waals surface area contributed by atoms with Crippen LogP contribution in [0.5, 0.6) is 0 Å². The number of likely N-dealkylation sites (tertiary alicyclic amines) is 1. The number of hydrogen-bond acceptors (Lipinski definition) is 3. The molecule has 0 radical (unpaired) electrons. The summed E-state index contributed by atoms with van der Waals surface area (Å²) in [5.41, 5.74) is 1.35. The number of carbonyl (C=O) groups is 2. The van der Waals surface area contributed by atoms with E-state index in [1.165, 1.54) is 5.56 Å². The average Bonchev–Trinajstić information content (AvgIpc) is 3.24. The lowest BCUT2D eigenvalue weighted by molar-refractivity contribution is -0.313. The number of hydrogen-bond donors (Lipinski definition) is 0. The lowest BCUT2D eigenvalue weighted by Crippen LogP contribution is -2.48. The monoisotopic (exact) mass is 338 g/mol. The van der Waals surface area contributed by atoms with E-state index < -0.39 is 17.8 Å². The standard InChI is InChI=1S/C21H25NO3/c23-20(18-16-6-7-17(13-16)19(18)21(24)25)22-10-8-15(9-11-22)12-14-4-2-1-3-5-14/h1-7,15-19H,8-13H2,(H,24,25)/p-1/t16-,17+,18+,19+/m0/s1. The number of piperidine rings is 1. The van der Waals surface area contributed by atoms with Crippen LogP contribution in [0, 0.1) is 29.6 Å². The fraction of sp³-hybridized carbons (Fsp3) is 0.524. The number of nitrogens with zero attached hydrogens (tertiary/aromatic N) is 1. The fourth-order valence-electron chi connectivity index (χ4n) is 5.00. The Bertz CT molecular complexity index is 676. The molecule has 132 valence electrons. The molecular formula is C21H24NO3-. The van der Waals surface area contributed by atoms with Crippen LogP contribution in [-0.2, 0) is 16.0 Å². The first-order valence-corrected chi connectivity index (χ1v) is 9.35. The molecule has 1 aliphatic heterocycles. The van der Waals surface area contributed by atoms with Crippen LogP contribution < -0.4 is 5.11 Å². The molecular weight excluding hydrogens is 314 g/mol. The largest absolute Gasteiger partial charge is 0.550 e. The first-order chi connectivity index (χ1) is 12.1. The van der Waals surface area contributed by atoms with Gasteiger partial charge in [0, 0.05) is 25.0 Å². The van der Waals surface area contributed by atoms with Gasteiger partial charge in [0.1, 0.15) is 0 Å². The van der Waals surface area contributed by atoms with E-state index >= 15 is 0 Å². The van der Waals surface area contributed by atoms with E-state index in [9.17, 15) is 14.7 Å². The van der Waals surface area contributed by atoms with Crippen LogP contribution in [0.15, 0.2) is 42.5 Å². The molecule has 4 heteroatoms. The maximum atomic E-state index is 13.0. The van der Waals surface area contributed by atoms with Crippen molar-refractivity contribution in [3.8, 4) is 0 Å². The zero-order valence-electron chi connectivity index (χ0n) is 14.3. The van der Waals surface area contributed by atoms with Crippen LogP contribution >= 0.6 is 0 Å². The van der Waals surface area contributed by atoms with Crippen LogP contribution in [-0.4, -0.2) is 29.9 Å². The number of fused-ring (bicyclic) bond motifs is 2. The van der Waals surface area contributed by atoms with Crippen LogP contribution in [0.4, 0.5) is 0 Å². The van der Waals surface area contributed by atoms with Gasteiger partial charge >= 0.3 is 0 Å². The van der Waals surface area contributed by atoms with E-state index in [2.05, 4.69) is 24.3 Å². The van der Waals surface area contributed by atoms with Crippen molar-refractivity contribution < 1.29 is 14.7 Å². The molecule has 1 heterocycles. The topological polar surface area (TPSA) is 60.4 Å². The molecule has 0 spiro atoms. The predicted octanol–water partition coefficient (Wildman–Crippen LogP) is 1.66. The van der Waals surface area contributed by atoms with E-state index in [4.69, 9.17) is 0 Å². The third-order valence-corrected chi connectivity index (χ3v) is 6.31. The van der Waals surface area contributed by atoms with E-state index in [1.54, 1.807) is 0 Å². The van der Waals surface area contributed by atoms with Crippen LogP contribution in [0.2, 0.25) is 0 Å². The number of carboxylic acid groups (broad SMARTS) is 1. The number of rotatable bonds is 4. The molecule has 1 saturated heterocycles. The second-order valence-corrected chi connectivity index (χ2v) is 7.78. The van der Waals surface area contributed by atoms with Crippen LogP contribution in [0.1, 0.15) is 24.8 Å². The minimum absolute atomic E-state index is 0.0143. The van der Waals surface area contributed by atoms with Gasteiger partial charge in [0.05, 0.1) is 5.92 Å². The van der Waals surface area contributed by atoms with Gasteiger partial charge in [-0.05, 0) is 49.0 Å². The minimum atomic E-state index is -1.06. The first-order valence-electron chi connectivity index (χ1n) is 9.35. The van der Waals surface area contributed by atoms with Gasteiger partial charge in [0.2, 0.25) is 5.91 Å². The summed E-state index contributed by atoms with van der Waals surface area (Å²) in [4.78, 5) is 26.4. The van der Waals surface area contributed by atoms with Crippen molar-refractivity contribution in [2.75, 3.05) is 13.1 Å². The Labute approximate surface area is 148 Å². The summed E-state index contributed by atoms with van der Waals surface area (Å²) in [6.07, 6.45) is 7.83. The van der Waals surface area contributed by atoms with Gasteiger partial charge < -0.3 is 14.8 Å². The number of amides is 1. The molecule has 1 aromatic rings. The first kappa shape index (κ1) is 16.4. The molecule has 1 aromatic carbocycles. The highest BCUT2D eigenvalue weighted by molar-refractivity contribution is 5.86. The molecule has 0 unspecified atom stereocenters. The molecule has 2 fully saturated rings. The summed E-state index contributed by atoms with van der Waals surface area (Å²) in [6, 6.07) is 10.5. The Balaban J connectivity index is 1.37. The van der Waals surface area contributed by atoms with Gasteiger partial charge in [-0.2, -0.15) is 0 Å². The van der Waals surface area contributed by atoms with Gasteiger partial charge in [-0.25, -0.2) is 0 Å². The fourth-order valence-corrected chi connectivity index (χ4v) is 5.00. The molecule has 3 aliphatic rings. The van der Waals surface area contributed by atoms with E-state index in [0.29, 0.717) is 5.92 Å². The van der Waals surface area contributed by atoms with Crippen molar-refractivity contribution in [1.82, 2.24) is 4.90 Å². The number of aliphatic carboxylic acids is 1. The Morgan fingerprint density at radius 2 is 1.64 bits per heavy atom. The van der Waals surface area contributed by atoms with Crippen molar-refractivity contribution in [2.45, 2.75) is 25.7 Å². The Morgan fingerprint density at radius 1 is 1.00 bits per heavy atom. The number of carboxylic acids is 1. The summed E-state index contributed by atoms with van der Waals surface area (Å²) >= 11 is 0. The van der Waals surface area contributed by atoms with Crippen LogP contribution in [0.25, 0.3) is 0 Å². The number of carbonyl (C=O) groups excluding carboxylic acids is 2. The average molecular weight is 338 g/mol. The SMILES string of the molecule is O=C([O-])[C@H]1[C@H](C(=O)N2CCC(Cc3ccccc3)CC2)[C@H]2C=C[C@@H]1C2. The maximum Gasteiger partial charge on any atom is 0.226 e. The highest BCUT2D eigenvalue weighted by Gasteiger charge is 2.50. The van der Waals surface area contributed by atoms with Gasteiger partial charge in [-0.1, -0.05) is 42.5 Å². The second-order valence-electron chi connectivity index (χ2n) is 7.78. The molecule has 2 aliphatic carbocycles. The normalized spacial score (nSPS) is 31.4. The quantitative estimate of drug-likeness (QED) is 0.785. The number of allylic oxidation sites excluding steroid dienone is 2. The summed E-state index contributed by atoms with van der Waals surface area (Å²) in [5, 5.41) is 11.5. The Kier molecular flexibility index (Phi) is 4.36. The van der Waals surface area contributed by atoms with Crippen LogP contribution in [0.3, 0.4) is 0 Å².